The molecule has 6 amide bonds. The zero-order chi connectivity index (χ0) is 45.0. The van der Waals surface area contributed by atoms with Crippen LogP contribution in [0.25, 0.3) is 20.9 Å². The molecule has 328 valence electrons. The van der Waals surface area contributed by atoms with Crippen LogP contribution in [-0.2, 0) is 38.4 Å². The Kier molecular flexibility index (Phi) is 19.0. The highest BCUT2D eigenvalue weighted by Gasteiger charge is 2.43. The summed E-state index contributed by atoms with van der Waals surface area (Å²) in [6.45, 7) is 0.507. The molecular formula is C37H43N13O10S2. The molecule has 3 unspecified atom stereocenters. The van der Waals surface area contributed by atoms with E-state index < -0.39 is 52.2 Å². The Hall–Kier alpha value is -6.65. The molecule has 23 nitrogen and oxygen atoms in total. The number of thioether (sulfide) groups is 2. The molecule has 0 aliphatic carbocycles. The van der Waals surface area contributed by atoms with Crippen LogP contribution in [0.5, 0.6) is 0 Å². The SMILES string of the molecule is [N-]=[N+]=Nc1ccc(C(=O)ON2C(=O)CC(SCCCC(N)=NCCCCC(N)NC(=O)CCNC(=O)CCSC3CC(=O)N(OC(=O)c4ccc(N=[N+]=[N-])cc4)C3=O)C2=O)cc1. The molecule has 2 aliphatic rings. The Bertz CT molecular complexity index is 2130. The number of carbonyl (C=O) groups excluding carboxylic acids is 8. The number of hydroxylamine groups is 4. The van der Waals surface area contributed by atoms with Gasteiger partial charge in [-0.05, 0) is 66.8 Å². The number of nitrogens with zero attached hydrogens (tertiary/aromatic N) is 9. The van der Waals surface area contributed by atoms with Crippen molar-refractivity contribution in [2.75, 3.05) is 24.6 Å². The molecule has 2 aromatic carbocycles. The molecule has 2 fully saturated rings. The van der Waals surface area contributed by atoms with Crippen molar-refractivity contribution in [3.8, 4) is 0 Å². The molecule has 2 heterocycles. The van der Waals surface area contributed by atoms with E-state index in [9.17, 15) is 38.4 Å². The Labute approximate surface area is 362 Å². The van der Waals surface area contributed by atoms with Gasteiger partial charge in [0.25, 0.3) is 23.6 Å². The van der Waals surface area contributed by atoms with Gasteiger partial charge in [-0.2, -0.15) is 0 Å². The van der Waals surface area contributed by atoms with Gasteiger partial charge in [-0.15, -0.1) is 33.7 Å². The number of benzene rings is 2. The van der Waals surface area contributed by atoms with Crippen LogP contribution in [0.3, 0.4) is 0 Å². The lowest BCUT2D eigenvalue weighted by Gasteiger charge is -2.14. The standard InChI is InChI=1S/C37H43N13O10S2/c38-28(5-3-18-61-26-20-32(53)49(34(26)55)59-36(57)22-6-10-24(11-7-22)45-47-40)42-16-2-1-4-29(39)44-31(52)14-17-43-30(51)15-19-62-27-21-33(54)50(35(27)56)60-37(58)23-8-12-25(13-9-23)46-48-41/h6-13,26-27,29H,1-5,14-21,39H2,(H2,38,42)(H,43,51)(H,44,52). The van der Waals surface area contributed by atoms with Gasteiger partial charge in [0.1, 0.15) is 0 Å². The van der Waals surface area contributed by atoms with Gasteiger partial charge in [0.05, 0.1) is 46.5 Å². The first-order valence-corrected chi connectivity index (χ1v) is 21.2. The maximum absolute atomic E-state index is 12.7. The van der Waals surface area contributed by atoms with E-state index in [1.54, 1.807) is 0 Å². The summed E-state index contributed by atoms with van der Waals surface area (Å²) >= 11 is 2.32. The number of imide groups is 2. The number of nitrogens with one attached hydrogen (secondary N) is 2. The van der Waals surface area contributed by atoms with Crippen LogP contribution in [0.15, 0.2) is 63.8 Å². The second-order valence-electron chi connectivity index (χ2n) is 13.4. The maximum Gasteiger partial charge on any atom is 0.363 e. The van der Waals surface area contributed by atoms with Crippen molar-refractivity contribution < 1.29 is 48.0 Å². The number of carbonyl (C=O) groups is 8. The van der Waals surface area contributed by atoms with Crippen LogP contribution >= 0.6 is 23.5 Å². The molecule has 3 atom stereocenters. The van der Waals surface area contributed by atoms with Gasteiger partial charge < -0.3 is 31.8 Å². The van der Waals surface area contributed by atoms with E-state index in [1.807, 2.05) is 0 Å². The molecule has 0 saturated carbocycles. The summed E-state index contributed by atoms with van der Waals surface area (Å²) in [4.78, 5) is 119. The number of nitrogens with two attached hydrogens (primary N) is 2. The molecule has 2 aliphatic heterocycles. The van der Waals surface area contributed by atoms with E-state index in [2.05, 4.69) is 35.7 Å². The second-order valence-corrected chi connectivity index (χ2v) is 16.0. The van der Waals surface area contributed by atoms with Gasteiger partial charge in [-0.25, -0.2) is 9.59 Å². The second kappa shape index (κ2) is 24.6. The molecule has 0 aromatic heterocycles. The first kappa shape index (κ1) is 48.0. The van der Waals surface area contributed by atoms with Gasteiger partial charge in [0.2, 0.25) is 11.8 Å². The molecule has 62 heavy (non-hydrogen) atoms. The van der Waals surface area contributed by atoms with Crippen LogP contribution in [0.2, 0.25) is 0 Å². The minimum Gasteiger partial charge on any atom is -0.387 e. The molecule has 0 bridgehead atoms. The fourth-order valence-corrected chi connectivity index (χ4v) is 7.81. The summed E-state index contributed by atoms with van der Waals surface area (Å²) in [7, 11) is 0. The Morgan fingerprint density at radius 1 is 0.742 bits per heavy atom. The van der Waals surface area contributed by atoms with Crippen molar-refractivity contribution in [1.82, 2.24) is 20.8 Å². The fourth-order valence-electron chi connectivity index (χ4n) is 5.63. The number of unbranched alkanes of at least 4 members (excludes halogenated alkanes) is 1. The quantitative estimate of drug-likeness (QED) is 0.0171. The van der Waals surface area contributed by atoms with Crippen molar-refractivity contribution in [3.63, 3.8) is 0 Å². The fraction of sp³-hybridized carbons (Fsp3) is 0.432. The first-order valence-electron chi connectivity index (χ1n) is 19.1. The minimum absolute atomic E-state index is 0.00996. The summed E-state index contributed by atoms with van der Waals surface area (Å²) in [5.41, 5.74) is 29.7. The normalized spacial score (nSPS) is 16.6. The van der Waals surface area contributed by atoms with Gasteiger partial charge in [0.15, 0.2) is 0 Å². The molecule has 6 N–H and O–H groups in total. The lowest BCUT2D eigenvalue weighted by Crippen LogP contribution is -2.42. The smallest absolute Gasteiger partial charge is 0.363 e. The van der Waals surface area contributed by atoms with E-state index >= 15 is 0 Å². The van der Waals surface area contributed by atoms with Gasteiger partial charge in [-0.1, -0.05) is 34.5 Å². The van der Waals surface area contributed by atoms with E-state index in [1.165, 1.54) is 60.3 Å². The lowest BCUT2D eigenvalue weighted by molar-refractivity contribution is -0.173. The summed E-state index contributed by atoms with van der Waals surface area (Å²) in [5.74, 6) is -4.11. The van der Waals surface area contributed by atoms with Crippen molar-refractivity contribution in [3.05, 3.63) is 80.5 Å². The topological polar surface area (TPSA) is 347 Å². The third-order valence-electron chi connectivity index (χ3n) is 8.80. The number of amidine groups is 1. The molecule has 2 saturated heterocycles. The number of aliphatic imine (C=N–C) groups is 1. The average molecular weight is 894 g/mol. The Morgan fingerprint density at radius 2 is 1.26 bits per heavy atom. The zero-order valence-corrected chi connectivity index (χ0v) is 34.8. The lowest BCUT2D eigenvalue weighted by atomic mass is 10.2. The highest BCUT2D eigenvalue weighted by molar-refractivity contribution is 8.00. The molecule has 25 heteroatoms. The summed E-state index contributed by atoms with van der Waals surface area (Å²) in [6.07, 6.45) is 1.94. The highest BCUT2D eigenvalue weighted by Crippen LogP contribution is 2.28. The summed E-state index contributed by atoms with van der Waals surface area (Å²) in [6, 6.07) is 10.9. The van der Waals surface area contributed by atoms with Gasteiger partial charge in [-0.3, -0.25) is 33.8 Å². The number of hydrogen-bond donors (Lipinski definition) is 4. The van der Waals surface area contributed by atoms with Crippen molar-refractivity contribution >= 4 is 88.1 Å². The highest BCUT2D eigenvalue weighted by atomic mass is 32.2. The van der Waals surface area contributed by atoms with Crippen LogP contribution in [0.1, 0.15) is 78.5 Å². The summed E-state index contributed by atoms with van der Waals surface area (Å²) in [5, 5.41) is 11.5. The van der Waals surface area contributed by atoms with Crippen molar-refractivity contribution in [2.45, 2.75) is 74.5 Å². The monoisotopic (exact) mass is 893 g/mol. The molecule has 2 aromatic rings. The number of rotatable bonds is 24. The minimum atomic E-state index is -0.946. The van der Waals surface area contributed by atoms with Crippen molar-refractivity contribution in [1.29, 1.82) is 0 Å². The van der Waals surface area contributed by atoms with Crippen LogP contribution in [0, 0.1) is 0 Å². The molecule has 4 rings (SSSR count). The number of azide groups is 2. The predicted octanol–water partition coefficient (Wildman–Crippen LogP) is 3.74. The van der Waals surface area contributed by atoms with Crippen molar-refractivity contribution in [2.24, 2.45) is 26.7 Å². The zero-order valence-electron chi connectivity index (χ0n) is 33.1. The third kappa shape index (κ3) is 15.1. The summed E-state index contributed by atoms with van der Waals surface area (Å²) < 4.78 is 0. The largest absolute Gasteiger partial charge is 0.387 e. The van der Waals surface area contributed by atoms with E-state index in [-0.39, 0.29) is 72.3 Å². The van der Waals surface area contributed by atoms with Gasteiger partial charge >= 0.3 is 11.9 Å². The van der Waals surface area contributed by atoms with Gasteiger partial charge in [0, 0.05) is 59.3 Å². The first-order chi connectivity index (χ1) is 29.8. The van der Waals surface area contributed by atoms with E-state index in [4.69, 9.17) is 32.2 Å². The Balaban J connectivity index is 0.999. The third-order valence-corrected chi connectivity index (χ3v) is 11.3. The average Bonchev–Trinajstić information content (AvgIpc) is 3.66. The van der Waals surface area contributed by atoms with Crippen LogP contribution in [-0.4, -0.2) is 105 Å². The maximum atomic E-state index is 12.7. The van der Waals surface area contributed by atoms with E-state index in [0.717, 1.165) is 11.8 Å². The molecule has 0 radical (unpaired) electrons. The number of hydrogen-bond acceptors (Lipinski definition) is 16. The van der Waals surface area contributed by atoms with Crippen LogP contribution < -0.4 is 22.1 Å². The number of amides is 6. The molecule has 0 spiro atoms. The Morgan fingerprint density at radius 3 is 1.77 bits per heavy atom. The van der Waals surface area contributed by atoms with Crippen LogP contribution in [0.4, 0.5) is 11.4 Å². The predicted molar refractivity (Wildman–Crippen MR) is 225 cm³/mol. The van der Waals surface area contributed by atoms with E-state index in [0.29, 0.717) is 60.4 Å². The molecular weight excluding hydrogens is 851 g/mol.